The highest BCUT2D eigenvalue weighted by Gasteiger charge is 2.24. The minimum atomic E-state index is -3.32. The van der Waals surface area contributed by atoms with E-state index in [9.17, 15) is 13.2 Å². The monoisotopic (exact) mass is 296 g/mol. The third kappa shape index (κ3) is 2.85. The molecule has 0 bridgehead atoms. The first-order valence-electron chi connectivity index (χ1n) is 5.65. The van der Waals surface area contributed by atoms with Gasteiger partial charge in [-0.05, 0) is 19.1 Å². The van der Waals surface area contributed by atoms with E-state index in [1.54, 1.807) is 0 Å². The molecule has 0 aliphatic rings. The van der Waals surface area contributed by atoms with E-state index in [0.29, 0.717) is 5.56 Å². The van der Waals surface area contributed by atoms with Crippen LogP contribution in [-0.2, 0) is 9.84 Å². The molecule has 8 heteroatoms. The van der Waals surface area contributed by atoms with Gasteiger partial charge in [0.15, 0.2) is 9.84 Å². The predicted molar refractivity (Wildman–Crippen MR) is 70.0 cm³/mol. The number of benzene rings is 1. The van der Waals surface area contributed by atoms with Gasteiger partial charge in [-0.2, -0.15) is 4.98 Å². The predicted octanol–water partition coefficient (Wildman–Crippen LogP) is 1.54. The molecule has 0 radical (unpaired) electrons. The van der Waals surface area contributed by atoms with Crippen molar-refractivity contribution in [3.8, 4) is 11.4 Å². The zero-order valence-electron chi connectivity index (χ0n) is 10.8. The SMILES string of the molecule is CC(c1nc(-c2ccc(C(=O)O)cc2)no1)S(C)(=O)=O. The van der Waals surface area contributed by atoms with Crippen molar-refractivity contribution in [3.63, 3.8) is 0 Å². The molecule has 0 spiro atoms. The Hall–Kier alpha value is -2.22. The van der Waals surface area contributed by atoms with Crippen LogP contribution in [0.15, 0.2) is 28.8 Å². The lowest BCUT2D eigenvalue weighted by molar-refractivity contribution is 0.0697. The largest absolute Gasteiger partial charge is 0.478 e. The van der Waals surface area contributed by atoms with Crippen molar-refractivity contribution >= 4 is 15.8 Å². The highest BCUT2D eigenvalue weighted by molar-refractivity contribution is 7.90. The van der Waals surface area contributed by atoms with E-state index in [1.165, 1.54) is 31.2 Å². The fourth-order valence-electron chi connectivity index (χ4n) is 1.46. The van der Waals surface area contributed by atoms with E-state index < -0.39 is 21.1 Å². The third-order valence-corrected chi connectivity index (χ3v) is 4.31. The van der Waals surface area contributed by atoms with Crippen LogP contribution >= 0.6 is 0 Å². The first kappa shape index (κ1) is 14.2. The Morgan fingerprint density at radius 3 is 2.40 bits per heavy atom. The normalized spacial score (nSPS) is 13.1. The lowest BCUT2D eigenvalue weighted by atomic mass is 10.1. The molecule has 0 aliphatic heterocycles. The number of rotatable bonds is 4. The Morgan fingerprint density at radius 2 is 1.90 bits per heavy atom. The number of hydrogen-bond acceptors (Lipinski definition) is 6. The maximum Gasteiger partial charge on any atom is 0.335 e. The maximum absolute atomic E-state index is 11.4. The second-order valence-corrected chi connectivity index (χ2v) is 6.68. The van der Waals surface area contributed by atoms with Gasteiger partial charge in [0, 0.05) is 11.8 Å². The summed E-state index contributed by atoms with van der Waals surface area (Å²) in [4.78, 5) is 14.8. The van der Waals surface area contributed by atoms with Crippen LogP contribution in [0.5, 0.6) is 0 Å². The number of aromatic carboxylic acids is 1. The third-order valence-electron chi connectivity index (χ3n) is 2.82. The average molecular weight is 296 g/mol. The van der Waals surface area contributed by atoms with E-state index in [2.05, 4.69) is 10.1 Å². The van der Waals surface area contributed by atoms with Gasteiger partial charge in [-0.1, -0.05) is 17.3 Å². The molecule has 1 unspecified atom stereocenters. The van der Waals surface area contributed by atoms with Crippen LogP contribution in [0, 0.1) is 0 Å². The number of carboxylic acid groups (broad SMARTS) is 1. The number of nitrogens with zero attached hydrogens (tertiary/aromatic N) is 2. The number of carbonyl (C=O) groups is 1. The number of aromatic nitrogens is 2. The van der Waals surface area contributed by atoms with Crippen LogP contribution in [0.4, 0.5) is 0 Å². The first-order valence-corrected chi connectivity index (χ1v) is 7.60. The maximum atomic E-state index is 11.4. The summed E-state index contributed by atoms with van der Waals surface area (Å²) in [7, 11) is -3.32. The van der Waals surface area contributed by atoms with Crippen molar-refractivity contribution in [2.45, 2.75) is 12.2 Å². The molecular formula is C12H12N2O5S. The lowest BCUT2D eigenvalue weighted by Crippen LogP contribution is -2.07. The Labute approximate surface area is 115 Å². The van der Waals surface area contributed by atoms with Crippen molar-refractivity contribution in [2.75, 3.05) is 6.26 Å². The van der Waals surface area contributed by atoms with Gasteiger partial charge in [0.05, 0.1) is 5.56 Å². The number of hydrogen-bond donors (Lipinski definition) is 1. The van der Waals surface area contributed by atoms with E-state index in [0.717, 1.165) is 6.26 Å². The van der Waals surface area contributed by atoms with E-state index >= 15 is 0 Å². The molecule has 7 nitrogen and oxygen atoms in total. The lowest BCUT2D eigenvalue weighted by Gasteiger charge is -2.01. The number of sulfone groups is 1. The molecule has 1 aromatic carbocycles. The van der Waals surface area contributed by atoms with Gasteiger partial charge in [0.25, 0.3) is 0 Å². The second-order valence-electron chi connectivity index (χ2n) is 4.31. The van der Waals surface area contributed by atoms with Crippen LogP contribution < -0.4 is 0 Å². The zero-order valence-corrected chi connectivity index (χ0v) is 11.6. The number of carboxylic acids is 1. The van der Waals surface area contributed by atoms with Gasteiger partial charge in [-0.3, -0.25) is 0 Å². The fourth-order valence-corrected chi connectivity index (χ4v) is 1.92. The van der Waals surface area contributed by atoms with Crippen LogP contribution in [0.2, 0.25) is 0 Å². The van der Waals surface area contributed by atoms with Crippen LogP contribution in [0.3, 0.4) is 0 Å². The summed E-state index contributed by atoms with van der Waals surface area (Å²) < 4.78 is 27.7. The van der Waals surface area contributed by atoms with Crippen molar-refractivity contribution in [2.24, 2.45) is 0 Å². The summed E-state index contributed by atoms with van der Waals surface area (Å²) in [5.74, 6) is -0.812. The smallest absolute Gasteiger partial charge is 0.335 e. The fraction of sp³-hybridized carbons (Fsp3) is 0.250. The second kappa shape index (κ2) is 5.04. The molecule has 1 N–H and O–H groups in total. The molecule has 0 aliphatic carbocycles. The molecule has 0 amide bonds. The van der Waals surface area contributed by atoms with Gasteiger partial charge < -0.3 is 9.63 Å². The molecule has 20 heavy (non-hydrogen) atoms. The van der Waals surface area contributed by atoms with Gasteiger partial charge in [0.2, 0.25) is 11.7 Å². The topological polar surface area (TPSA) is 110 Å². The van der Waals surface area contributed by atoms with Gasteiger partial charge in [0.1, 0.15) is 5.25 Å². The standard InChI is InChI=1S/C12H12N2O5S/c1-7(20(2,17)18)11-13-10(14-19-11)8-3-5-9(6-4-8)12(15)16/h3-7H,1-2H3,(H,15,16). The van der Waals surface area contributed by atoms with E-state index in [4.69, 9.17) is 9.63 Å². The molecule has 0 saturated heterocycles. The van der Waals surface area contributed by atoms with Gasteiger partial charge >= 0.3 is 5.97 Å². The quantitative estimate of drug-likeness (QED) is 0.910. The van der Waals surface area contributed by atoms with Gasteiger partial charge in [-0.25, -0.2) is 13.2 Å². The molecule has 2 aromatic rings. The molecule has 106 valence electrons. The Kier molecular flexibility index (Phi) is 3.58. The van der Waals surface area contributed by atoms with Gasteiger partial charge in [-0.15, -0.1) is 0 Å². The minimum absolute atomic E-state index is 0.00445. The highest BCUT2D eigenvalue weighted by atomic mass is 32.2. The van der Waals surface area contributed by atoms with Crippen molar-refractivity contribution in [3.05, 3.63) is 35.7 Å². The molecule has 1 aromatic heterocycles. The average Bonchev–Trinajstić information content (AvgIpc) is 2.86. The summed E-state index contributed by atoms with van der Waals surface area (Å²) in [6, 6.07) is 5.88. The molecule has 2 rings (SSSR count). The minimum Gasteiger partial charge on any atom is -0.478 e. The van der Waals surface area contributed by atoms with E-state index in [-0.39, 0.29) is 17.3 Å². The summed E-state index contributed by atoms with van der Waals surface area (Å²) in [5, 5.41) is 11.6. The molecule has 1 atom stereocenters. The van der Waals surface area contributed by atoms with Crippen LogP contribution in [0.25, 0.3) is 11.4 Å². The molecule has 1 heterocycles. The molecular weight excluding hydrogens is 284 g/mol. The Morgan fingerprint density at radius 1 is 1.30 bits per heavy atom. The first-order chi connectivity index (χ1) is 9.29. The van der Waals surface area contributed by atoms with E-state index in [1.807, 2.05) is 0 Å². The summed E-state index contributed by atoms with van der Waals surface area (Å²) in [5.41, 5.74) is 0.688. The summed E-state index contributed by atoms with van der Waals surface area (Å²) in [6.07, 6.45) is 1.09. The molecule has 0 saturated carbocycles. The Bertz CT molecular complexity index is 733. The summed E-state index contributed by atoms with van der Waals surface area (Å²) in [6.45, 7) is 1.46. The Balaban J connectivity index is 2.31. The van der Waals surface area contributed by atoms with Crippen LogP contribution in [-0.4, -0.2) is 35.9 Å². The summed E-state index contributed by atoms with van der Waals surface area (Å²) >= 11 is 0. The van der Waals surface area contributed by atoms with Crippen molar-refractivity contribution < 1.29 is 22.8 Å². The highest BCUT2D eigenvalue weighted by Crippen LogP contribution is 2.23. The zero-order chi connectivity index (χ0) is 14.9. The van der Waals surface area contributed by atoms with Crippen molar-refractivity contribution in [1.82, 2.24) is 10.1 Å². The molecule has 0 fully saturated rings. The van der Waals surface area contributed by atoms with Crippen LogP contribution in [0.1, 0.15) is 28.4 Å². The van der Waals surface area contributed by atoms with Crippen molar-refractivity contribution in [1.29, 1.82) is 0 Å².